The zero-order valence-corrected chi connectivity index (χ0v) is 15.5. The minimum absolute atomic E-state index is 0.0144. The molecule has 140 valence electrons. The van der Waals surface area contributed by atoms with Crippen LogP contribution in [0.3, 0.4) is 0 Å². The summed E-state index contributed by atoms with van der Waals surface area (Å²) in [6, 6.07) is 12.9. The summed E-state index contributed by atoms with van der Waals surface area (Å²) in [6.45, 7) is 4.67. The topological polar surface area (TPSA) is 63.1 Å². The minimum Gasteiger partial charge on any atom is -0.351 e. The molecule has 1 aromatic heterocycles. The average molecular weight is 367 g/mol. The lowest BCUT2D eigenvalue weighted by molar-refractivity contribution is 0.0940. The highest BCUT2D eigenvalue weighted by atomic mass is 19.1. The van der Waals surface area contributed by atoms with Crippen molar-refractivity contribution in [2.45, 2.75) is 13.8 Å². The van der Waals surface area contributed by atoms with Crippen molar-refractivity contribution in [1.82, 2.24) is 9.88 Å². The van der Waals surface area contributed by atoms with Crippen LogP contribution in [0.4, 0.5) is 10.1 Å². The van der Waals surface area contributed by atoms with Gasteiger partial charge in [0.1, 0.15) is 11.5 Å². The Morgan fingerprint density at radius 1 is 1.07 bits per heavy atom. The quantitative estimate of drug-likeness (QED) is 0.717. The van der Waals surface area contributed by atoms with Crippen LogP contribution >= 0.6 is 0 Å². The standard InChI is InChI=1S/C21H22FN3O2/c1-13(2)12-23-21(27)19-11-14-10-15(8-9-18(14)25(19)3)24-20(26)16-6-4-5-7-17(16)22/h4-11,13H,12H2,1-3H3,(H,23,27)(H,24,26). The summed E-state index contributed by atoms with van der Waals surface area (Å²) < 4.78 is 15.6. The second-order valence-electron chi connectivity index (χ2n) is 6.90. The number of carbonyl (C=O) groups is 2. The molecule has 0 fully saturated rings. The van der Waals surface area contributed by atoms with Crippen LogP contribution in [-0.2, 0) is 7.05 Å². The van der Waals surface area contributed by atoms with Crippen molar-refractivity contribution in [2.75, 3.05) is 11.9 Å². The van der Waals surface area contributed by atoms with E-state index in [1.54, 1.807) is 24.3 Å². The van der Waals surface area contributed by atoms with Gasteiger partial charge >= 0.3 is 0 Å². The Kier molecular flexibility index (Phi) is 5.26. The second kappa shape index (κ2) is 7.61. The SMILES string of the molecule is CC(C)CNC(=O)c1cc2cc(NC(=O)c3ccccc3F)ccc2n1C. The molecule has 2 amide bonds. The van der Waals surface area contributed by atoms with Gasteiger partial charge in [-0.2, -0.15) is 0 Å². The number of fused-ring (bicyclic) bond motifs is 1. The van der Waals surface area contributed by atoms with Gasteiger partial charge in [-0.15, -0.1) is 0 Å². The summed E-state index contributed by atoms with van der Waals surface area (Å²) in [5, 5.41) is 6.42. The molecule has 0 spiro atoms. The van der Waals surface area contributed by atoms with E-state index >= 15 is 0 Å². The highest BCUT2D eigenvalue weighted by Gasteiger charge is 2.15. The molecule has 0 saturated carbocycles. The van der Waals surface area contributed by atoms with Gasteiger partial charge in [0.2, 0.25) is 0 Å². The number of rotatable bonds is 5. The summed E-state index contributed by atoms with van der Waals surface area (Å²) in [6.07, 6.45) is 0. The summed E-state index contributed by atoms with van der Waals surface area (Å²) in [5.74, 6) is -0.860. The van der Waals surface area contributed by atoms with E-state index in [1.807, 2.05) is 31.5 Å². The first-order valence-corrected chi connectivity index (χ1v) is 8.80. The third kappa shape index (κ3) is 4.00. The first kappa shape index (κ1) is 18.6. The molecule has 0 aliphatic rings. The largest absolute Gasteiger partial charge is 0.351 e. The molecule has 0 aliphatic carbocycles. The number of benzene rings is 2. The first-order valence-electron chi connectivity index (χ1n) is 8.80. The molecule has 0 unspecified atom stereocenters. The van der Waals surface area contributed by atoms with Crippen LogP contribution in [-0.4, -0.2) is 22.9 Å². The lowest BCUT2D eigenvalue weighted by Gasteiger charge is -2.08. The molecule has 5 nitrogen and oxygen atoms in total. The van der Waals surface area contributed by atoms with E-state index in [1.165, 1.54) is 18.2 Å². The monoisotopic (exact) mass is 367 g/mol. The fourth-order valence-corrected chi connectivity index (χ4v) is 2.88. The fraction of sp³-hybridized carbons (Fsp3) is 0.238. The van der Waals surface area contributed by atoms with Crippen LogP contribution < -0.4 is 10.6 Å². The number of hydrogen-bond acceptors (Lipinski definition) is 2. The molecular formula is C21H22FN3O2. The molecule has 0 bridgehead atoms. The van der Waals surface area contributed by atoms with E-state index in [2.05, 4.69) is 10.6 Å². The maximum absolute atomic E-state index is 13.8. The molecule has 2 aromatic carbocycles. The van der Waals surface area contributed by atoms with Crippen molar-refractivity contribution in [1.29, 1.82) is 0 Å². The average Bonchev–Trinajstić information content (AvgIpc) is 2.96. The Balaban J connectivity index is 1.84. The van der Waals surface area contributed by atoms with Gasteiger partial charge in [0, 0.05) is 30.2 Å². The fourth-order valence-electron chi connectivity index (χ4n) is 2.88. The Hall–Kier alpha value is -3.15. The number of nitrogens with one attached hydrogen (secondary N) is 2. The number of hydrogen-bond donors (Lipinski definition) is 2. The zero-order chi connectivity index (χ0) is 19.6. The van der Waals surface area contributed by atoms with Crippen LogP contribution in [0.15, 0.2) is 48.5 Å². The van der Waals surface area contributed by atoms with Gasteiger partial charge in [0.25, 0.3) is 11.8 Å². The normalized spacial score (nSPS) is 11.0. The molecule has 6 heteroatoms. The summed E-state index contributed by atoms with van der Waals surface area (Å²) in [5.41, 5.74) is 1.94. The van der Waals surface area contributed by atoms with Gasteiger partial charge in [-0.3, -0.25) is 9.59 Å². The Morgan fingerprint density at radius 3 is 2.52 bits per heavy atom. The maximum atomic E-state index is 13.8. The van der Waals surface area contributed by atoms with Crippen LogP contribution in [0.25, 0.3) is 10.9 Å². The maximum Gasteiger partial charge on any atom is 0.267 e. The van der Waals surface area contributed by atoms with Crippen LogP contribution in [0, 0.1) is 11.7 Å². The molecule has 1 heterocycles. The van der Waals surface area contributed by atoms with E-state index in [4.69, 9.17) is 0 Å². The van der Waals surface area contributed by atoms with Crippen LogP contribution in [0.1, 0.15) is 34.7 Å². The number of halogens is 1. The lowest BCUT2D eigenvalue weighted by atomic mass is 10.2. The molecule has 3 aromatic rings. The van der Waals surface area contributed by atoms with Gasteiger partial charge in [-0.05, 0) is 42.3 Å². The van der Waals surface area contributed by atoms with E-state index in [0.717, 1.165) is 10.9 Å². The third-order valence-electron chi connectivity index (χ3n) is 4.32. The molecule has 0 aliphatic heterocycles. The highest BCUT2D eigenvalue weighted by molar-refractivity contribution is 6.06. The number of carbonyl (C=O) groups excluding carboxylic acids is 2. The minimum atomic E-state index is -0.570. The highest BCUT2D eigenvalue weighted by Crippen LogP contribution is 2.23. The number of amides is 2. The number of aromatic nitrogens is 1. The van der Waals surface area contributed by atoms with Crippen molar-refractivity contribution in [3.8, 4) is 0 Å². The van der Waals surface area contributed by atoms with E-state index < -0.39 is 11.7 Å². The van der Waals surface area contributed by atoms with Gasteiger partial charge in [0.15, 0.2) is 0 Å². The van der Waals surface area contributed by atoms with Crippen molar-refractivity contribution in [3.05, 3.63) is 65.6 Å². The molecule has 0 atom stereocenters. The number of nitrogens with zero attached hydrogens (tertiary/aromatic N) is 1. The first-order chi connectivity index (χ1) is 12.9. The van der Waals surface area contributed by atoms with Gasteiger partial charge < -0.3 is 15.2 Å². The van der Waals surface area contributed by atoms with Gasteiger partial charge in [-0.1, -0.05) is 26.0 Å². The van der Waals surface area contributed by atoms with Crippen molar-refractivity contribution in [2.24, 2.45) is 13.0 Å². The molecular weight excluding hydrogens is 345 g/mol. The zero-order valence-electron chi connectivity index (χ0n) is 15.5. The van der Waals surface area contributed by atoms with Crippen molar-refractivity contribution in [3.63, 3.8) is 0 Å². The van der Waals surface area contributed by atoms with E-state index in [9.17, 15) is 14.0 Å². The van der Waals surface area contributed by atoms with Crippen molar-refractivity contribution < 1.29 is 14.0 Å². The molecule has 27 heavy (non-hydrogen) atoms. The lowest BCUT2D eigenvalue weighted by Crippen LogP contribution is -2.28. The predicted molar refractivity (Wildman–Crippen MR) is 104 cm³/mol. The van der Waals surface area contributed by atoms with E-state index in [0.29, 0.717) is 23.8 Å². The Morgan fingerprint density at radius 2 is 1.81 bits per heavy atom. The smallest absolute Gasteiger partial charge is 0.267 e. The van der Waals surface area contributed by atoms with Gasteiger partial charge in [0.05, 0.1) is 5.56 Å². The molecule has 2 N–H and O–H groups in total. The van der Waals surface area contributed by atoms with Crippen molar-refractivity contribution >= 4 is 28.4 Å². The third-order valence-corrected chi connectivity index (χ3v) is 4.32. The summed E-state index contributed by atoms with van der Waals surface area (Å²) in [4.78, 5) is 24.7. The predicted octanol–water partition coefficient (Wildman–Crippen LogP) is 3.96. The molecule has 0 radical (unpaired) electrons. The van der Waals surface area contributed by atoms with Crippen LogP contribution in [0.5, 0.6) is 0 Å². The Labute approximate surface area is 157 Å². The summed E-state index contributed by atoms with van der Waals surface area (Å²) >= 11 is 0. The Bertz CT molecular complexity index is 1010. The molecule has 3 rings (SSSR count). The number of anilines is 1. The van der Waals surface area contributed by atoms with Gasteiger partial charge in [-0.25, -0.2) is 4.39 Å². The van der Waals surface area contributed by atoms with E-state index in [-0.39, 0.29) is 11.5 Å². The number of aryl methyl sites for hydroxylation is 1. The van der Waals surface area contributed by atoms with Crippen LogP contribution in [0.2, 0.25) is 0 Å². The molecule has 0 saturated heterocycles. The second-order valence-corrected chi connectivity index (χ2v) is 6.90. The summed E-state index contributed by atoms with van der Waals surface area (Å²) in [7, 11) is 1.82.